The van der Waals surface area contributed by atoms with Crippen LogP contribution in [0, 0.1) is 0 Å². The molecule has 0 bridgehead atoms. The summed E-state index contributed by atoms with van der Waals surface area (Å²) in [7, 11) is 0. The van der Waals surface area contributed by atoms with E-state index in [1.807, 2.05) is 45.0 Å². The fraction of sp³-hybridized carbons (Fsp3) is 0.400. The molecule has 1 aromatic carbocycles. The molecular weight excluding hydrogens is 256 g/mol. The molecule has 20 heavy (non-hydrogen) atoms. The van der Waals surface area contributed by atoms with Crippen LogP contribution in [0.15, 0.2) is 35.3 Å². The van der Waals surface area contributed by atoms with E-state index in [-0.39, 0.29) is 24.5 Å². The minimum Gasteiger partial charge on any atom is -0.460 e. The summed E-state index contributed by atoms with van der Waals surface area (Å²) in [6.07, 6.45) is 1.43. The van der Waals surface area contributed by atoms with Crippen LogP contribution >= 0.6 is 0 Å². The molecular formula is C15H18N2O3. The lowest BCUT2D eigenvalue weighted by atomic mass is 10.2. The molecule has 1 aromatic heterocycles. The second-order valence-corrected chi connectivity index (χ2v) is 5.57. The minimum absolute atomic E-state index is 0.158. The van der Waals surface area contributed by atoms with Gasteiger partial charge in [0, 0.05) is 6.54 Å². The number of nitrogens with zero attached hydrogens (tertiary/aromatic N) is 2. The summed E-state index contributed by atoms with van der Waals surface area (Å²) >= 11 is 0. The fourth-order valence-corrected chi connectivity index (χ4v) is 1.94. The largest absolute Gasteiger partial charge is 0.460 e. The third kappa shape index (κ3) is 3.44. The lowest BCUT2D eigenvalue weighted by molar-refractivity contribution is -0.155. The van der Waals surface area contributed by atoms with E-state index in [0.29, 0.717) is 0 Å². The second kappa shape index (κ2) is 5.45. The molecule has 2 rings (SSSR count). The first kappa shape index (κ1) is 14.2. The number of aromatic nitrogens is 2. The second-order valence-electron chi connectivity index (χ2n) is 5.57. The van der Waals surface area contributed by atoms with Gasteiger partial charge in [-0.25, -0.2) is 4.98 Å². The molecule has 1 heterocycles. The Morgan fingerprint density at radius 1 is 1.30 bits per heavy atom. The van der Waals surface area contributed by atoms with E-state index >= 15 is 0 Å². The van der Waals surface area contributed by atoms with Crippen molar-refractivity contribution in [2.75, 3.05) is 0 Å². The van der Waals surface area contributed by atoms with Crippen LogP contribution in [0.25, 0.3) is 11.0 Å². The summed E-state index contributed by atoms with van der Waals surface area (Å²) in [5, 5.41) is 0. The van der Waals surface area contributed by atoms with Crippen molar-refractivity contribution < 1.29 is 9.53 Å². The van der Waals surface area contributed by atoms with Gasteiger partial charge in [0.1, 0.15) is 5.60 Å². The highest BCUT2D eigenvalue weighted by atomic mass is 16.6. The summed E-state index contributed by atoms with van der Waals surface area (Å²) in [5.41, 5.74) is 0.731. The van der Waals surface area contributed by atoms with Crippen LogP contribution in [-0.2, 0) is 16.1 Å². The Balaban J connectivity index is 2.20. The van der Waals surface area contributed by atoms with Crippen molar-refractivity contribution in [1.82, 2.24) is 9.55 Å². The van der Waals surface area contributed by atoms with Crippen LogP contribution in [0.4, 0.5) is 0 Å². The lowest BCUT2D eigenvalue weighted by Crippen LogP contribution is -2.26. The number of carbonyl (C=O) groups excluding carboxylic acids is 1. The molecule has 5 nitrogen and oxygen atoms in total. The molecule has 106 valence electrons. The van der Waals surface area contributed by atoms with E-state index in [0.717, 1.165) is 11.0 Å². The molecule has 0 aliphatic heterocycles. The highest BCUT2D eigenvalue weighted by molar-refractivity contribution is 5.74. The smallest absolute Gasteiger partial charge is 0.308 e. The molecule has 0 unspecified atom stereocenters. The van der Waals surface area contributed by atoms with Gasteiger partial charge in [0.15, 0.2) is 0 Å². The lowest BCUT2D eigenvalue weighted by Gasteiger charge is -2.19. The SMILES string of the molecule is CC(C)(C)OC(=O)CCn1c(=O)cnc2ccccc21. The van der Waals surface area contributed by atoms with Gasteiger partial charge < -0.3 is 9.30 Å². The van der Waals surface area contributed by atoms with Gasteiger partial charge in [0.05, 0.1) is 23.7 Å². The van der Waals surface area contributed by atoms with Crippen molar-refractivity contribution in [3.05, 3.63) is 40.8 Å². The molecule has 0 saturated carbocycles. The Bertz CT molecular complexity index is 683. The monoisotopic (exact) mass is 274 g/mol. The molecule has 0 radical (unpaired) electrons. The van der Waals surface area contributed by atoms with Crippen molar-refractivity contribution in [3.63, 3.8) is 0 Å². The Hall–Kier alpha value is -2.17. The van der Waals surface area contributed by atoms with E-state index in [2.05, 4.69) is 4.98 Å². The zero-order valence-electron chi connectivity index (χ0n) is 11.9. The first-order chi connectivity index (χ1) is 9.37. The average Bonchev–Trinajstić information content (AvgIpc) is 2.35. The van der Waals surface area contributed by atoms with Crippen molar-refractivity contribution >= 4 is 17.0 Å². The fourth-order valence-electron chi connectivity index (χ4n) is 1.94. The highest BCUT2D eigenvalue weighted by Crippen LogP contribution is 2.11. The van der Waals surface area contributed by atoms with Gasteiger partial charge in [-0.15, -0.1) is 0 Å². The number of carbonyl (C=O) groups is 1. The zero-order chi connectivity index (χ0) is 14.8. The molecule has 0 aliphatic rings. The van der Waals surface area contributed by atoms with Gasteiger partial charge in [-0.05, 0) is 32.9 Å². The summed E-state index contributed by atoms with van der Waals surface area (Å²) in [6.45, 7) is 5.74. The summed E-state index contributed by atoms with van der Waals surface area (Å²) in [5.74, 6) is -0.315. The molecule has 0 amide bonds. The van der Waals surface area contributed by atoms with Crippen LogP contribution in [-0.4, -0.2) is 21.1 Å². The maximum atomic E-state index is 11.9. The van der Waals surface area contributed by atoms with Crippen LogP contribution in [0.3, 0.4) is 0 Å². The summed E-state index contributed by atoms with van der Waals surface area (Å²) in [4.78, 5) is 27.7. The number of hydrogen-bond acceptors (Lipinski definition) is 4. The summed E-state index contributed by atoms with van der Waals surface area (Å²) < 4.78 is 6.79. The minimum atomic E-state index is -0.512. The maximum absolute atomic E-state index is 11.9. The first-order valence-corrected chi connectivity index (χ1v) is 6.53. The number of esters is 1. The number of benzene rings is 1. The van der Waals surface area contributed by atoms with Crippen molar-refractivity contribution in [2.24, 2.45) is 0 Å². The van der Waals surface area contributed by atoms with Crippen LogP contribution in [0.2, 0.25) is 0 Å². The van der Waals surface area contributed by atoms with Crippen molar-refractivity contribution in [3.8, 4) is 0 Å². The van der Waals surface area contributed by atoms with Gasteiger partial charge >= 0.3 is 5.97 Å². The van der Waals surface area contributed by atoms with Gasteiger partial charge in [0.2, 0.25) is 0 Å². The molecule has 0 saturated heterocycles. The molecule has 0 aliphatic carbocycles. The predicted octanol–water partition coefficient (Wildman–Crippen LogP) is 2.13. The number of para-hydroxylation sites is 2. The number of fused-ring (bicyclic) bond motifs is 1. The predicted molar refractivity (Wildman–Crippen MR) is 76.5 cm³/mol. The van der Waals surface area contributed by atoms with E-state index in [1.54, 1.807) is 4.57 Å². The Labute approximate surface area is 117 Å². The molecule has 0 atom stereocenters. The van der Waals surface area contributed by atoms with Crippen LogP contribution < -0.4 is 5.56 Å². The topological polar surface area (TPSA) is 61.2 Å². The Morgan fingerprint density at radius 3 is 2.70 bits per heavy atom. The van der Waals surface area contributed by atoms with Crippen molar-refractivity contribution in [2.45, 2.75) is 39.3 Å². The summed E-state index contributed by atoms with van der Waals surface area (Å²) in [6, 6.07) is 7.35. The number of hydrogen-bond donors (Lipinski definition) is 0. The normalized spacial score (nSPS) is 11.6. The van der Waals surface area contributed by atoms with Crippen molar-refractivity contribution in [1.29, 1.82) is 0 Å². The molecule has 0 N–H and O–H groups in total. The van der Waals surface area contributed by atoms with Crippen LogP contribution in [0.1, 0.15) is 27.2 Å². The molecule has 5 heteroatoms. The molecule has 0 fully saturated rings. The van der Waals surface area contributed by atoms with Gasteiger partial charge in [-0.1, -0.05) is 12.1 Å². The number of rotatable bonds is 3. The van der Waals surface area contributed by atoms with E-state index in [1.165, 1.54) is 6.20 Å². The first-order valence-electron chi connectivity index (χ1n) is 6.53. The maximum Gasteiger partial charge on any atom is 0.308 e. The Morgan fingerprint density at radius 2 is 2.00 bits per heavy atom. The number of aryl methyl sites for hydroxylation is 1. The highest BCUT2D eigenvalue weighted by Gasteiger charge is 2.16. The Kier molecular flexibility index (Phi) is 3.88. The third-order valence-electron chi connectivity index (χ3n) is 2.71. The quantitative estimate of drug-likeness (QED) is 0.804. The number of ether oxygens (including phenoxy) is 1. The van der Waals surface area contributed by atoms with Gasteiger partial charge in [-0.3, -0.25) is 9.59 Å². The zero-order valence-corrected chi connectivity index (χ0v) is 11.9. The van der Waals surface area contributed by atoms with E-state index < -0.39 is 5.60 Å². The molecule has 0 spiro atoms. The van der Waals surface area contributed by atoms with Crippen LogP contribution in [0.5, 0.6) is 0 Å². The van der Waals surface area contributed by atoms with E-state index in [4.69, 9.17) is 4.74 Å². The van der Waals surface area contributed by atoms with E-state index in [9.17, 15) is 9.59 Å². The van der Waals surface area contributed by atoms with Gasteiger partial charge in [0.25, 0.3) is 5.56 Å². The third-order valence-corrected chi connectivity index (χ3v) is 2.71. The average molecular weight is 274 g/mol. The van der Waals surface area contributed by atoms with Gasteiger partial charge in [-0.2, -0.15) is 0 Å². The standard InChI is InChI=1S/C15H18N2O3/c1-15(2,3)20-14(19)8-9-17-12-7-5-4-6-11(12)16-10-13(17)18/h4-7,10H,8-9H2,1-3H3. The molecule has 2 aromatic rings.